The van der Waals surface area contributed by atoms with Crippen LogP contribution in [0.5, 0.6) is 0 Å². The molecule has 18 heavy (non-hydrogen) atoms. The molecule has 2 aromatic rings. The van der Waals surface area contributed by atoms with Crippen LogP contribution in [0, 0.1) is 11.6 Å². The van der Waals surface area contributed by atoms with E-state index in [1.807, 2.05) is 39.8 Å². The fraction of sp³-hybridized carbons (Fsp3) is 0.375. The van der Waals surface area contributed by atoms with Gasteiger partial charge in [0.1, 0.15) is 11.6 Å². The molecule has 2 aromatic carbocycles. The molecule has 0 amide bonds. The lowest BCUT2D eigenvalue weighted by molar-refractivity contribution is 0.582. The SMILES string of the molecule is CC.CCc1cccc2c(F)cc(F)c(CC)c12. The van der Waals surface area contributed by atoms with Crippen molar-refractivity contribution in [2.24, 2.45) is 0 Å². The quantitative estimate of drug-likeness (QED) is 0.681. The molecule has 0 spiro atoms. The molecule has 2 heteroatoms. The van der Waals surface area contributed by atoms with Crippen LogP contribution in [0.4, 0.5) is 8.78 Å². The molecule has 0 heterocycles. The fourth-order valence-corrected chi connectivity index (χ4v) is 2.19. The van der Waals surface area contributed by atoms with Crippen molar-refractivity contribution in [3.05, 3.63) is 47.0 Å². The zero-order chi connectivity index (χ0) is 13.7. The lowest BCUT2D eigenvalue weighted by Crippen LogP contribution is -1.96. The van der Waals surface area contributed by atoms with Crippen molar-refractivity contribution in [2.45, 2.75) is 40.5 Å². The van der Waals surface area contributed by atoms with E-state index >= 15 is 0 Å². The number of hydrogen-bond donors (Lipinski definition) is 0. The Morgan fingerprint density at radius 1 is 0.944 bits per heavy atom. The van der Waals surface area contributed by atoms with Gasteiger partial charge in [-0.1, -0.05) is 45.9 Å². The third kappa shape index (κ3) is 2.53. The van der Waals surface area contributed by atoms with E-state index in [9.17, 15) is 8.78 Å². The van der Waals surface area contributed by atoms with Gasteiger partial charge in [0.05, 0.1) is 0 Å². The van der Waals surface area contributed by atoms with Gasteiger partial charge in [-0.25, -0.2) is 8.78 Å². The number of benzene rings is 2. The average Bonchev–Trinajstić information content (AvgIpc) is 2.41. The van der Waals surface area contributed by atoms with E-state index in [1.54, 1.807) is 6.07 Å². The summed E-state index contributed by atoms with van der Waals surface area (Å²) in [7, 11) is 0. The molecule has 0 fully saturated rings. The van der Waals surface area contributed by atoms with E-state index in [2.05, 4.69) is 0 Å². The summed E-state index contributed by atoms with van der Waals surface area (Å²) in [6.07, 6.45) is 1.37. The molecule has 0 aliphatic heterocycles. The summed E-state index contributed by atoms with van der Waals surface area (Å²) in [5.41, 5.74) is 1.63. The first kappa shape index (κ1) is 14.6. The number of halogens is 2. The minimum Gasteiger partial charge on any atom is -0.207 e. The first-order chi connectivity index (χ1) is 8.69. The van der Waals surface area contributed by atoms with Crippen LogP contribution in [-0.2, 0) is 12.8 Å². The minimum absolute atomic E-state index is 0.437. The van der Waals surface area contributed by atoms with E-state index in [0.717, 1.165) is 23.4 Å². The monoisotopic (exact) mass is 250 g/mol. The van der Waals surface area contributed by atoms with Gasteiger partial charge >= 0.3 is 0 Å². The Kier molecular flexibility index (Phi) is 5.26. The molecular formula is C16H20F2. The van der Waals surface area contributed by atoms with E-state index in [-0.39, 0.29) is 0 Å². The molecule has 0 N–H and O–H groups in total. The van der Waals surface area contributed by atoms with Gasteiger partial charge in [0.25, 0.3) is 0 Å². The largest absolute Gasteiger partial charge is 0.207 e. The molecule has 0 radical (unpaired) electrons. The molecule has 98 valence electrons. The van der Waals surface area contributed by atoms with Gasteiger partial charge in [-0.15, -0.1) is 0 Å². The lowest BCUT2D eigenvalue weighted by Gasteiger charge is -2.11. The van der Waals surface area contributed by atoms with E-state index in [4.69, 9.17) is 0 Å². The maximum Gasteiger partial charge on any atom is 0.133 e. The summed E-state index contributed by atoms with van der Waals surface area (Å²) in [6.45, 7) is 7.89. The first-order valence-electron chi connectivity index (χ1n) is 6.57. The second-order valence-electron chi connectivity index (χ2n) is 3.87. The predicted molar refractivity (Wildman–Crippen MR) is 74.0 cm³/mol. The summed E-state index contributed by atoms with van der Waals surface area (Å²) in [5, 5.41) is 1.28. The molecule has 2 rings (SSSR count). The number of hydrogen-bond acceptors (Lipinski definition) is 0. The van der Waals surface area contributed by atoms with Crippen LogP contribution in [0.15, 0.2) is 24.3 Å². The van der Waals surface area contributed by atoms with Gasteiger partial charge in [-0.3, -0.25) is 0 Å². The normalized spacial score (nSPS) is 10.1. The second kappa shape index (κ2) is 6.48. The Morgan fingerprint density at radius 3 is 2.17 bits per heavy atom. The Morgan fingerprint density at radius 2 is 1.61 bits per heavy atom. The fourth-order valence-electron chi connectivity index (χ4n) is 2.19. The molecule has 0 aromatic heterocycles. The van der Waals surface area contributed by atoms with Crippen molar-refractivity contribution in [2.75, 3.05) is 0 Å². The van der Waals surface area contributed by atoms with Crippen LogP contribution in [0.2, 0.25) is 0 Å². The number of fused-ring (bicyclic) bond motifs is 1. The molecule has 0 saturated heterocycles. The molecule has 0 unspecified atom stereocenters. The molecule has 0 bridgehead atoms. The zero-order valence-corrected chi connectivity index (χ0v) is 11.5. The third-order valence-corrected chi connectivity index (χ3v) is 2.99. The van der Waals surface area contributed by atoms with Crippen molar-refractivity contribution in [3.8, 4) is 0 Å². The summed E-state index contributed by atoms with van der Waals surface area (Å²) in [4.78, 5) is 0. The highest BCUT2D eigenvalue weighted by atomic mass is 19.1. The predicted octanol–water partition coefficient (Wildman–Crippen LogP) is 5.27. The highest BCUT2D eigenvalue weighted by Gasteiger charge is 2.13. The van der Waals surface area contributed by atoms with Crippen LogP contribution < -0.4 is 0 Å². The van der Waals surface area contributed by atoms with E-state index in [0.29, 0.717) is 17.4 Å². The third-order valence-electron chi connectivity index (χ3n) is 2.99. The van der Waals surface area contributed by atoms with Gasteiger partial charge in [0.2, 0.25) is 0 Å². The minimum atomic E-state index is -0.472. The van der Waals surface area contributed by atoms with Gasteiger partial charge in [-0.05, 0) is 29.4 Å². The summed E-state index contributed by atoms with van der Waals surface area (Å²) < 4.78 is 27.3. The first-order valence-corrected chi connectivity index (χ1v) is 6.57. The van der Waals surface area contributed by atoms with Crippen molar-refractivity contribution >= 4 is 10.8 Å². The van der Waals surface area contributed by atoms with Crippen molar-refractivity contribution < 1.29 is 8.78 Å². The van der Waals surface area contributed by atoms with Gasteiger partial charge in [0, 0.05) is 11.5 Å². The van der Waals surface area contributed by atoms with E-state index < -0.39 is 11.6 Å². The molecule has 0 atom stereocenters. The Balaban J connectivity index is 0.000000771. The number of rotatable bonds is 2. The molecule has 0 nitrogen and oxygen atoms in total. The average molecular weight is 250 g/mol. The smallest absolute Gasteiger partial charge is 0.133 e. The topological polar surface area (TPSA) is 0 Å². The Labute approximate surface area is 108 Å². The summed E-state index contributed by atoms with van der Waals surface area (Å²) >= 11 is 0. The molecule has 0 aliphatic rings. The Hall–Kier alpha value is -1.44. The van der Waals surface area contributed by atoms with Crippen LogP contribution in [-0.4, -0.2) is 0 Å². The van der Waals surface area contributed by atoms with Crippen molar-refractivity contribution in [3.63, 3.8) is 0 Å². The lowest BCUT2D eigenvalue weighted by atomic mass is 9.95. The molecular weight excluding hydrogens is 230 g/mol. The highest BCUT2D eigenvalue weighted by Crippen LogP contribution is 2.28. The van der Waals surface area contributed by atoms with Gasteiger partial charge in [-0.2, -0.15) is 0 Å². The maximum absolute atomic E-state index is 13.7. The van der Waals surface area contributed by atoms with Crippen LogP contribution in [0.1, 0.15) is 38.8 Å². The maximum atomic E-state index is 13.7. The van der Waals surface area contributed by atoms with Crippen LogP contribution in [0.25, 0.3) is 10.8 Å². The van der Waals surface area contributed by atoms with Crippen molar-refractivity contribution in [1.29, 1.82) is 0 Å². The van der Waals surface area contributed by atoms with Crippen LogP contribution in [0.3, 0.4) is 0 Å². The standard InChI is InChI=1S/C14H14F2.C2H6/c1-3-9-6-5-7-11-13(16)8-12(15)10(4-2)14(9)11;1-2/h5-8H,3-4H2,1-2H3;1-2H3. The highest BCUT2D eigenvalue weighted by molar-refractivity contribution is 5.89. The molecule has 0 aliphatic carbocycles. The zero-order valence-electron chi connectivity index (χ0n) is 11.5. The van der Waals surface area contributed by atoms with Crippen molar-refractivity contribution in [1.82, 2.24) is 0 Å². The number of aryl methyl sites for hydroxylation is 2. The second-order valence-corrected chi connectivity index (χ2v) is 3.87. The Bertz CT molecular complexity index is 530. The summed E-state index contributed by atoms with van der Waals surface area (Å²) in [6, 6.07) is 6.45. The van der Waals surface area contributed by atoms with E-state index in [1.165, 1.54) is 0 Å². The molecule has 0 saturated carbocycles. The van der Waals surface area contributed by atoms with Gasteiger partial charge < -0.3 is 0 Å². The summed E-state index contributed by atoms with van der Waals surface area (Å²) in [5.74, 6) is -0.909. The van der Waals surface area contributed by atoms with Gasteiger partial charge in [0.15, 0.2) is 0 Å². The van der Waals surface area contributed by atoms with Crippen LogP contribution >= 0.6 is 0 Å².